The first-order valence-corrected chi connectivity index (χ1v) is 10.9. The van der Waals surface area contributed by atoms with E-state index in [1.54, 1.807) is 0 Å². The predicted molar refractivity (Wildman–Crippen MR) is 122 cm³/mol. The molecule has 5 nitrogen and oxygen atoms in total. The highest BCUT2D eigenvalue weighted by Crippen LogP contribution is 2.38. The molecule has 2 heterocycles. The Kier molecular flexibility index (Phi) is 6.06. The summed E-state index contributed by atoms with van der Waals surface area (Å²) < 4.78 is 86.7. The van der Waals surface area contributed by atoms with Gasteiger partial charge < -0.3 is 4.42 Å². The van der Waals surface area contributed by atoms with Gasteiger partial charge in [0.25, 0.3) is 0 Å². The molecule has 0 aliphatic rings. The summed E-state index contributed by atoms with van der Waals surface area (Å²) in [5.74, 6) is 0.740. The topological polar surface area (TPSA) is 56.7 Å². The molecule has 0 N–H and O–H groups in total. The van der Waals surface area contributed by atoms with Gasteiger partial charge in [-0.3, -0.25) is 0 Å². The first-order valence-electron chi connectivity index (χ1n) is 10.9. The summed E-state index contributed by atoms with van der Waals surface area (Å²) in [6, 6.07) is 19.9. The van der Waals surface area contributed by atoms with Gasteiger partial charge in [0.1, 0.15) is 17.9 Å². The number of hydrogen-bond acceptors (Lipinski definition) is 4. The van der Waals surface area contributed by atoms with Crippen molar-refractivity contribution in [3.8, 4) is 33.8 Å². The van der Waals surface area contributed by atoms with E-state index in [-0.39, 0.29) is 29.8 Å². The molecule has 5 rings (SSSR count). The summed E-state index contributed by atoms with van der Waals surface area (Å²) in [6.07, 6.45) is -8.69. The lowest BCUT2D eigenvalue weighted by molar-refractivity contribution is -0.143. The van der Waals surface area contributed by atoms with Crippen molar-refractivity contribution in [3.05, 3.63) is 102 Å². The van der Waals surface area contributed by atoms with Crippen LogP contribution in [-0.4, -0.2) is 20.0 Å². The lowest BCUT2D eigenvalue weighted by Gasteiger charge is -2.13. The van der Waals surface area contributed by atoms with Crippen molar-refractivity contribution in [2.24, 2.45) is 0 Å². The number of oxazole rings is 1. The fourth-order valence-electron chi connectivity index (χ4n) is 3.76. The normalized spacial score (nSPS) is 12.2. The lowest BCUT2D eigenvalue weighted by atomic mass is 10.0. The van der Waals surface area contributed by atoms with Crippen molar-refractivity contribution in [1.29, 1.82) is 0 Å². The lowest BCUT2D eigenvalue weighted by Crippen LogP contribution is -2.11. The van der Waals surface area contributed by atoms with E-state index in [1.165, 1.54) is 10.9 Å². The van der Waals surface area contributed by atoms with Crippen LogP contribution in [0.1, 0.15) is 17.0 Å². The molecule has 0 fully saturated rings. The van der Waals surface area contributed by atoms with Crippen molar-refractivity contribution in [2.45, 2.75) is 18.9 Å². The Hall–Kier alpha value is -4.41. The van der Waals surface area contributed by atoms with E-state index < -0.39 is 23.5 Å². The van der Waals surface area contributed by atoms with E-state index in [1.807, 2.05) is 60.7 Å². The second-order valence-electron chi connectivity index (χ2n) is 8.11. The zero-order valence-corrected chi connectivity index (χ0v) is 18.8. The van der Waals surface area contributed by atoms with E-state index in [2.05, 4.69) is 15.3 Å². The Morgan fingerprint density at radius 2 is 1.27 bits per heavy atom. The quantitative estimate of drug-likeness (QED) is 0.230. The molecule has 3 aromatic carbocycles. The monoisotopic (exact) mass is 514 g/mol. The molecular formula is C26H16F6N4O. The molecule has 188 valence electrons. The second-order valence-corrected chi connectivity index (χ2v) is 8.11. The van der Waals surface area contributed by atoms with Gasteiger partial charge in [0, 0.05) is 16.7 Å². The van der Waals surface area contributed by atoms with Crippen LogP contribution in [0.4, 0.5) is 26.3 Å². The third-order valence-corrected chi connectivity index (χ3v) is 5.47. The number of benzene rings is 3. The van der Waals surface area contributed by atoms with Crippen LogP contribution < -0.4 is 0 Å². The Morgan fingerprint density at radius 1 is 0.703 bits per heavy atom. The van der Waals surface area contributed by atoms with E-state index in [9.17, 15) is 26.3 Å². The maximum absolute atomic E-state index is 13.2. The third-order valence-electron chi connectivity index (χ3n) is 5.47. The molecule has 5 aromatic rings. The van der Waals surface area contributed by atoms with Crippen LogP contribution in [0.25, 0.3) is 33.8 Å². The molecule has 0 aliphatic heterocycles. The van der Waals surface area contributed by atoms with E-state index in [0.29, 0.717) is 23.6 Å². The molecule has 0 radical (unpaired) electrons. The molecule has 37 heavy (non-hydrogen) atoms. The summed E-state index contributed by atoms with van der Waals surface area (Å²) in [7, 11) is 0. The Bertz CT molecular complexity index is 1430. The van der Waals surface area contributed by atoms with Gasteiger partial charge in [0.2, 0.25) is 5.89 Å². The molecule has 0 atom stereocenters. The van der Waals surface area contributed by atoms with Gasteiger partial charge in [-0.1, -0.05) is 65.9 Å². The molecule has 2 aromatic heterocycles. The summed E-state index contributed by atoms with van der Waals surface area (Å²) in [4.78, 5) is 4.57. The second kappa shape index (κ2) is 9.23. The Balaban J connectivity index is 1.50. The summed E-state index contributed by atoms with van der Waals surface area (Å²) >= 11 is 0. The molecule has 0 saturated carbocycles. The smallest absolute Gasteiger partial charge is 0.416 e. The number of alkyl halides is 6. The average molecular weight is 514 g/mol. The minimum absolute atomic E-state index is 0.0508. The fourth-order valence-corrected chi connectivity index (χ4v) is 3.76. The van der Waals surface area contributed by atoms with Gasteiger partial charge >= 0.3 is 12.4 Å². The molecule has 0 amide bonds. The van der Waals surface area contributed by atoms with Gasteiger partial charge in [0.05, 0.1) is 17.3 Å². The molecule has 0 saturated heterocycles. The first kappa shape index (κ1) is 24.3. The number of aromatic nitrogens is 4. The SMILES string of the molecule is FC(F)(F)c1cc(-c2cn(Cc3nc(-c4ccccc4)c(-c4ccccc4)o3)nn2)cc(C(F)(F)F)c1. The van der Waals surface area contributed by atoms with Crippen LogP contribution in [0.5, 0.6) is 0 Å². The van der Waals surface area contributed by atoms with Crippen LogP contribution >= 0.6 is 0 Å². The van der Waals surface area contributed by atoms with Gasteiger partial charge in [-0.05, 0) is 18.2 Å². The van der Waals surface area contributed by atoms with Crippen LogP contribution in [0.2, 0.25) is 0 Å². The minimum atomic E-state index is -4.97. The van der Waals surface area contributed by atoms with Crippen molar-refractivity contribution in [2.75, 3.05) is 0 Å². The number of hydrogen-bond donors (Lipinski definition) is 0. The number of rotatable bonds is 5. The maximum atomic E-state index is 13.2. The fraction of sp³-hybridized carbons (Fsp3) is 0.115. The predicted octanol–water partition coefficient (Wildman–Crippen LogP) is 7.35. The standard InChI is InChI=1S/C26H16F6N4O/c27-25(28,29)19-11-18(12-20(13-19)26(30,31)32)21-14-36(35-34-21)15-22-33-23(16-7-3-1-4-8-16)24(37-22)17-9-5-2-6-10-17/h1-14H,15H2. The zero-order valence-electron chi connectivity index (χ0n) is 18.8. The Morgan fingerprint density at radius 3 is 1.84 bits per heavy atom. The molecule has 0 spiro atoms. The van der Waals surface area contributed by atoms with E-state index in [4.69, 9.17) is 4.42 Å². The molecular weight excluding hydrogens is 498 g/mol. The third kappa shape index (κ3) is 5.25. The largest absolute Gasteiger partial charge is 0.438 e. The zero-order chi connectivity index (χ0) is 26.2. The molecule has 0 aliphatic carbocycles. The summed E-state index contributed by atoms with van der Waals surface area (Å²) in [5.41, 5.74) is -1.22. The first-order chi connectivity index (χ1) is 17.6. The van der Waals surface area contributed by atoms with Gasteiger partial charge in [0.15, 0.2) is 5.76 Å². The molecule has 11 heteroatoms. The maximum Gasteiger partial charge on any atom is 0.416 e. The van der Waals surface area contributed by atoms with E-state index >= 15 is 0 Å². The minimum Gasteiger partial charge on any atom is -0.438 e. The van der Waals surface area contributed by atoms with Crippen LogP contribution in [0.15, 0.2) is 89.5 Å². The highest BCUT2D eigenvalue weighted by molar-refractivity contribution is 5.76. The summed E-state index contributed by atoms with van der Waals surface area (Å²) in [6.45, 7) is -0.0508. The Labute approximate surface area is 206 Å². The van der Waals surface area contributed by atoms with Gasteiger partial charge in [-0.2, -0.15) is 26.3 Å². The highest BCUT2D eigenvalue weighted by atomic mass is 19.4. The summed E-state index contributed by atoms with van der Waals surface area (Å²) in [5, 5.41) is 7.64. The highest BCUT2D eigenvalue weighted by Gasteiger charge is 2.37. The van der Waals surface area contributed by atoms with Crippen LogP contribution in [0, 0.1) is 0 Å². The van der Waals surface area contributed by atoms with Gasteiger partial charge in [-0.15, -0.1) is 5.10 Å². The molecule has 0 bridgehead atoms. The average Bonchev–Trinajstić information content (AvgIpc) is 3.51. The van der Waals surface area contributed by atoms with E-state index in [0.717, 1.165) is 11.1 Å². The number of nitrogens with zero attached hydrogens (tertiary/aromatic N) is 4. The van der Waals surface area contributed by atoms with Crippen LogP contribution in [-0.2, 0) is 18.9 Å². The van der Waals surface area contributed by atoms with Crippen molar-refractivity contribution >= 4 is 0 Å². The number of halogens is 6. The van der Waals surface area contributed by atoms with Crippen LogP contribution in [0.3, 0.4) is 0 Å². The van der Waals surface area contributed by atoms with Crippen molar-refractivity contribution in [1.82, 2.24) is 20.0 Å². The van der Waals surface area contributed by atoms with Crippen molar-refractivity contribution < 1.29 is 30.8 Å². The molecule has 0 unspecified atom stereocenters. The van der Waals surface area contributed by atoms with Gasteiger partial charge in [-0.25, -0.2) is 9.67 Å². The van der Waals surface area contributed by atoms with Crippen molar-refractivity contribution in [3.63, 3.8) is 0 Å².